The second-order valence-corrected chi connectivity index (χ2v) is 7.12. The molecule has 2 heterocycles. The van der Waals surface area contributed by atoms with Crippen molar-refractivity contribution in [3.05, 3.63) is 46.5 Å². The number of fused-ring (bicyclic) bond motifs is 4. The Morgan fingerprint density at radius 3 is 1.89 bits per heavy atom. The van der Waals surface area contributed by atoms with Crippen molar-refractivity contribution in [1.82, 2.24) is 4.90 Å². The maximum atomic E-state index is 9.82. The zero-order valence-corrected chi connectivity index (χ0v) is 16.6. The van der Waals surface area contributed by atoms with Gasteiger partial charge < -0.3 is 18.9 Å². The maximum absolute atomic E-state index is 9.82. The summed E-state index contributed by atoms with van der Waals surface area (Å²) in [5.41, 5.74) is 4.75. The molecule has 0 aliphatic carbocycles. The molecular formula is C22H24N2O4. The molecule has 2 aliphatic heterocycles. The predicted molar refractivity (Wildman–Crippen MR) is 104 cm³/mol. The lowest BCUT2D eigenvalue weighted by molar-refractivity contribution is 0.124. The van der Waals surface area contributed by atoms with Crippen molar-refractivity contribution in [2.24, 2.45) is 0 Å². The summed E-state index contributed by atoms with van der Waals surface area (Å²) in [6.07, 6.45) is 1.47. The zero-order valence-electron chi connectivity index (χ0n) is 16.6. The van der Waals surface area contributed by atoms with Crippen LogP contribution >= 0.6 is 0 Å². The van der Waals surface area contributed by atoms with Gasteiger partial charge in [-0.05, 0) is 52.9 Å². The lowest BCUT2D eigenvalue weighted by Gasteiger charge is -2.44. The second kappa shape index (κ2) is 7.25. The van der Waals surface area contributed by atoms with Gasteiger partial charge in [0.15, 0.2) is 23.0 Å². The minimum absolute atomic E-state index is 0.110. The Morgan fingerprint density at radius 1 is 0.786 bits per heavy atom. The largest absolute Gasteiger partial charge is 0.493 e. The van der Waals surface area contributed by atoms with E-state index in [2.05, 4.69) is 23.1 Å². The molecule has 2 unspecified atom stereocenters. The van der Waals surface area contributed by atoms with Crippen LogP contribution < -0.4 is 18.9 Å². The summed E-state index contributed by atoms with van der Waals surface area (Å²) in [7, 11) is 6.58. The van der Waals surface area contributed by atoms with Crippen LogP contribution in [0.3, 0.4) is 0 Å². The van der Waals surface area contributed by atoms with Gasteiger partial charge in [-0.25, -0.2) is 0 Å². The first-order chi connectivity index (χ1) is 13.6. The lowest BCUT2D eigenvalue weighted by atomic mass is 9.81. The Hall–Kier alpha value is -2.91. The third kappa shape index (κ3) is 2.83. The first-order valence-corrected chi connectivity index (χ1v) is 9.27. The van der Waals surface area contributed by atoms with E-state index < -0.39 is 0 Å². The SMILES string of the molecule is COc1cc2c(cc1OC)CN1C(C#N)Cc3cc(OC)c(OC)cc3C1C2. The van der Waals surface area contributed by atoms with Gasteiger partial charge in [-0.2, -0.15) is 5.26 Å². The highest BCUT2D eigenvalue weighted by Gasteiger charge is 2.39. The molecule has 0 saturated carbocycles. The quantitative estimate of drug-likeness (QED) is 0.811. The first-order valence-electron chi connectivity index (χ1n) is 9.27. The third-order valence-corrected chi connectivity index (χ3v) is 5.84. The summed E-state index contributed by atoms with van der Waals surface area (Å²) in [6.45, 7) is 0.701. The highest BCUT2D eigenvalue weighted by Crippen LogP contribution is 2.45. The number of benzene rings is 2. The second-order valence-electron chi connectivity index (χ2n) is 7.12. The molecule has 4 rings (SSSR count). The van der Waals surface area contributed by atoms with Crippen LogP contribution in [0.4, 0.5) is 0 Å². The number of rotatable bonds is 4. The molecule has 0 amide bonds. The van der Waals surface area contributed by atoms with Crippen LogP contribution in [-0.4, -0.2) is 39.4 Å². The molecule has 2 aliphatic rings. The van der Waals surface area contributed by atoms with Gasteiger partial charge in [-0.1, -0.05) is 0 Å². The minimum Gasteiger partial charge on any atom is -0.493 e. The molecular weight excluding hydrogens is 356 g/mol. The van der Waals surface area contributed by atoms with Crippen LogP contribution in [0.15, 0.2) is 24.3 Å². The highest BCUT2D eigenvalue weighted by molar-refractivity contribution is 5.53. The number of nitriles is 1. The fraction of sp³-hybridized carbons (Fsp3) is 0.409. The van der Waals surface area contributed by atoms with Gasteiger partial charge in [0, 0.05) is 19.0 Å². The van der Waals surface area contributed by atoms with E-state index in [1.807, 2.05) is 12.1 Å². The van der Waals surface area contributed by atoms with Crippen molar-refractivity contribution < 1.29 is 18.9 Å². The minimum atomic E-state index is -0.183. The van der Waals surface area contributed by atoms with Crippen LogP contribution in [0.2, 0.25) is 0 Å². The summed E-state index contributed by atoms with van der Waals surface area (Å²) < 4.78 is 21.9. The highest BCUT2D eigenvalue weighted by atomic mass is 16.5. The van der Waals surface area contributed by atoms with E-state index in [9.17, 15) is 5.26 Å². The van der Waals surface area contributed by atoms with E-state index in [0.717, 1.165) is 29.2 Å². The molecule has 0 radical (unpaired) electrons. The molecule has 146 valence electrons. The van der Waals surface area contributed by atoms with E-state index >= 15 is 0 Å². The Kier molecular flexibility index (Phi) is 4.78. The molecule has 2 aromatic rings. The Bertz CT molecular complexity index is 951. The van der Waals surface area contributed by atoms with Crippen molar-refractivity contribution in [2.45, 2.75) is 31.5 Å². The van der Waals surface area contributed by atoms with Gasteiger partial charge in [0.05, 0.1) is 34.5 Å². The molecule has 0 spiro atoms. The molecule has 28 heavy (non-hydrogen) atoms. The molecule has 6 heteroatoms. The fourth-order valence-electron chi connectivity index (χ4n) is 4.42. The summed E-state index contributed by atoms with van der Waals surface area (Å²) in [5.74, 6) is 2.87. The molecule has 2 atom stereocenters. The number of methoxy groups -OCH3 is 4. The fourth-order valence-corrected chi connectivity index (χ4v) is 4.42. The third-order valence-electron chi connectivity index (χ3n) is 5.84. The molecule has 2 aromatic carbocycles. The summed E-state index contributed by atoms with van der Waals surface area (Å²) in [6, 6.07) is 10.6. The van der Waals surface area contributed by atoms with Gasteiger partial charge in [-0.15, -0.1) is 0 Å². The van der Waals surface area contributed by atoms with Crippen molar-refractivity contribution >= 4 is 0 Å². The van der Waals surface area contributed by atoms with Crippen molar-refractivity contribution in [3.63, 3.8) is 0 Å². The molecule has 0 N–H and O–H groups in total. The Labute approximate surface area is 165 Å². The van der Waals surface area contributed by atoms with Gasteiger partial charge in [0.25, 0.3) is 0 Å². The topological polar surface area (TPSA) is 64.0 Å². The summed E-state index contributed by atoms with van der Waals surface area (Å²) >= 11 is 0. The monoisotopic (exact) mass is 380 g/mol. The average molecular weight is 380 g/mol. The zero-order chi connectivity index (χ0) is 19.8. The maximum Gasteiger partial charge on any atom is 0.161 e. The summed E-state index contributed by atoms with van der Waals surface area (Å²) in [5, 5.41) is 9.82. The number of hydrogen-bond acceptors (Lipinski definition) is 6. The van der Waals surface area contributed by atoms with Gasteiger partial charge in [-0.3, -0.25) is 4.90 Å². The van der Waals surface area contributed by atoms with Gasteiger partial charge in [0.1, 0.15) is 6.04 Å². The van der Waals surface area contributed by atoms with Gasteiger partial charge >= 0.3 is 0 Å². The molecule has 0 fully saturated rings. The molecule has 6 nitrogen and oxygen atoms in total. The van der Waals surface area contributed by atoms with E-state index in [1.165, 1.54) is 16.7 Å². The molecule has 0 saturated heterocycles. The van der Waals surface area contributed by atoms with E-state index in [0.29, 0.717) is 18.7 Å². The van der Waals surface area contributed by atoms with Crippen LogP contribution in [-0.2, 0) is 19.4 Å². The predicted octanol–water partition coefficient (Wildman–Crippen LogP) is 3.27. The summed E-state index contributed by atoms with van der Waals surface area (Å²) in [4.78, 5) is 2.28. The smallest absolute Gasteiger partial charge is 0.161 e. The molecule has 0 bridgehead atoms. The number of ether oxygens (including phenoxy) is 4. The van der Waals surface area contributed by atoms with E-state index in [-0.39, 0.29) is 12.1 Å². The van der Waals surface area contributed by atoms with Crippen molar-refractivity contribution in [2.75, 3.05) is 28.4 Å². The van der Waals surface area contributed by atoms with Crippen molar-refractivity contribution in [3.8, 4) is 29.1 Å². The standard InChI is InChI=1S/C22H24N2O4/c1-25-19-7-13-6-18-17-10-22(28-4)20(26-2)8-14(17)5-16(11-23)24(18)12-15(13)9-21(19)27-3/h7-10,16,18H,5-6,12H2,1-4H3. The Balaban J connectivity index is 1.82. The van der Waals surface area contributed by atoms with Gasteiger partial charge in [0.2, 0.25) is 0 Å². The Morgan fingerprint density at radius 2 is 1.32 bits per heavy atom. The van der Waals surface area contributed by atoms with Crippen LogP contribution in [0, 0.1) is 11.3 Å². The molecule has 0 aromatic heterocycles. The average Bonchev–Trinajstić information content (AvgIpc) is 2.75. The van der Waals surface area contributed by atoms with E-state index in [1.54, 1.807) is 28.4 Å². The van der Waals surface area contributed by atoms with Crippen LogP contribution in [0.5, 0.6) is 23.0 Å². The van der Waals surface area contributed by atoms with Crippen molar-refractivity contribution in [1.29, 1.82) is 5.26 Å². The lowest BCUT2D eigenvalue weighted by Crippen LogP contribution is -2.45. The normalized spacial score (nSPS) is 20.2. The first kappa shape index (κ1) is 18.5. The van der Waals surface area contributed by atoms with Crippen LogP contribution in [0.1, 0.15) is 28.3 Å². The number of nitrogens with zero attached hydrogens (tertiary/aromatic N) is 2. The van der Waals surface area contributed by atoms with Crippen LogP contribution in [0.25, 0.3) is 0 Å². The van der Waals surface area contributed by atoms with E-state index in [4.69, 9.17) is 18.9 Å². The number of hydrogen-bond donors (Lipinski definition) is 0.